The Hall–Kier alpha value is -0.120. The van der Waals surface area contributed by atoms with Gasteiger partial charge in [-0.15, -0.1) is 0 Å². The van der Waals surface area contributed by atoms with Gasteiger partial charge in [-0.2, -0.15) is 0 Å². The number of nitrogens with zero attached hydrogens (tertiary/aromatic N) is 1. The Morgan fingerprint density at radius 1 is 1.38 bits per heavy atom. The first kappa shape index (κ1) is 9.44. The van der Waals surface area contributed by atoms with Gasteiger partial charge in [-0.05, 0) is 32.2 Å². The van der Waals surface area contributed by atoms with Crippen molar-refractivity contribution in [3.8, 4) is 0 Å². The Morgan fingerprint density at radius 2 is 2.15 bits per heavy atom. The van der Waals surface area contributed by atoms with Crippen molar-refractivity contribution >= 4 is 0 Å². The first-order valence-corrected chi connectivity index (χ1v) is 5.40. The molecule has 1 saturated heterocycles. The summed E-state index contributed by atoms with van der Waals surface area (Å²) in [5.74, 6) is 0. The smallest absolute Gasteiger partial charge is 0.0776 e. The summed E-state index contributed by atoms with van der Waals surface area (Å²) in [6, 6.07) is 0.526. The standard InChI is InChI=1S/C10H20N2O/c11-7-9-3-1-2-6-12(9)8-10(13)4-5-10/h9,13H,1-8,11H2. The maximum Gasteiger partial charge on any atom is 0.0776 e. The molecule has 0 aromatic heterocycles. The highest BCUT2D eigenvalue weighted by Crippen LogP contribution is 2.36. The number of nitrogens with two attached hydrogens (primary N) is 1. The lowest BCUT2D eigenvalue weighted by atomic mass is 10.0. The van der Waals surface area contributed by atoms with Gasteiger partial charge in [-0.1, -0.05) is 6.42 Å². The van der Waals surface area contributed by atoms with Gasteiger partial charge in [0.15, 0.2) is 0 Å². The number of β-amino-alcohol motifs (C(OH)–C–C–N with tert-alkyl or cyclic N) is 1. The Labute approximate surface area is 79.9 Å². The molecule has 1 aliphatic carbocycles. The van der Waals surface area contributed by atoms with E-state index in [2.05, 4.69) is 4.90 Å². The van der Waals surface area contributed by atoms with Crippen molar-refractivity contribution in [2.75, 3.05) is 19.6 Å². The summed E-state index contributed by atoms with van der Waals surface area (Å²) >= 11 is 0. The van der Waals surface area contributed by atoms with E-state index in [1.165, 1.54) is 19.3 Å². The average Bonchev–Trinajstić information content (AvgIpc) is 2.84. The van der Waals surface area contributed by atoms with Crippen molar-refractivity contribution < 1.29 is 5.11 Å². The first-order valence-electron chi connectivity index (χ1n) is 5.40. The lowest BCUT2D eigenvalue weighted by molar-refractivity contribution is 0.0548. The van der Waals surface area contributed by atoms with E-state index in [4.69, 9.17) is 5.73 Å². The summed E-state index contributed by atoms with van der Waals surface area (Å²) in [5, 5.41) is 9.81. The van der Waals surface area contributed by atoms with E-state index in [0.29, 0.717) is 6.04 Å². The van der Waals surface area contributed by atoms with E-state index in [9.17, 15) is 5.11 Å². The van der Waals surface area contributed by atoms with Gasteiger partial charge < -0.3 is 10.8 Å². The molecule has 1 saturated carbocycles. The van der Waals surface area contributed by atoms with Gasteiger partial charge >= 0.3 is 0 Å². The zero-order valence-electron chi connectivity index (χ0n) is 8.21. The van der Waals surface area contributed by atoms with Crippen LogP contribution in [0.3, 0.4) is 0 Å². The highest BCUT2D eigenvalue weighted by atomic mass is 16.3. The van der Waals surface area contributed by atoms with Crippen LogP contribution in [0, 0.1) is 0 Å². The maximum atomic E-state index is 9.81. The molecule has 0 bridgehead atoms. The van der Waals surface area contributed by atoms with E-state index in [-0.39, 0.29) is 5.60 Å². The summed E-state index contributed by atoms with van der Waals surface area (Å²) in [6.45, 7) is 2.73. The van der Waals surface area contributed by atoms with Crippen LogP contribution >= 0.6 is 0 Å². The van der Waals surface area contributed by atoms with Crippen LogP contribution in [0.15, 0.2) is 0 Å². The van der Waals surface area contributed by atoms with Gasteiger partial charge in [-0.25, -0.2) is 0 Å². The van der Waals surface area contributed by atoms with Crippen LogP contribution in [0.1, 0.15) is 32.1 Å². The SMILES string of the molecule is NCC1CCCCN1CC1(O)CC1. The van der Waals surface area contributed by atoms with Crippen molar-refractivity contribution in [2.24, 2.45) is 5.73 Å². The molecule has 0 spiro atoms. The first-order chi connectivity index (χ1) is 6.23. The van der Waals surface area contributed by atoms with Crippen LogP contribution in [-0.4, -0.2) is 41.3 Å². The van der Waals surface area contributed by atoms with E-state index in [1.807, 2.05) is 0 Å². The third-order valence-electron chi connectivity index (χ3n) is 3.35. The van der Waals surface area contributed by atoms with Crippen LogP contribution in [0.5, 0.6) is 0 Å². The monoisotopic (exact) mass is 184 g/mol. The predicted octanol–water partition coefficient (Wildman–Crippen LogP) is 0.324. The molecule has 2 rings (SSSR count). The summed E-state index contributed by atoms with van der Waals surface area (Å²) in [6.07, 6.45) is 5.76. The summed E-state index contributed by atoms with van der Waals surface area (Å²) < 4.78 is 0. The van der Waals surface area contributed by atoms with Crippen molar-refractivity contribution in [3.63, 3.8) is 0 Å². The second kappa shape index (κ2) is 3.56. The van der Waals surface area contributed by atoms with Crippen molar-refractivity contribution in [2.45, 2.75) is 43.7 Å². The number of piperidine rings is 1. The molecule has 1 heterocycles. The predicted molar refractivity (Wildman–Crippen MR) is 52.5 cm³/mol. The molecule has 3 heteroatoms. The van der Waals surface area contributed by atoms with E-state index in [1.54, 1.807) is 0 Å². The molecular formula is C10H20N2O. The molecule has 0 amide bonds. The fraction of sp³-hybridized carbons (Fsp3) is 1.00. The van der Waals surface area contributed by atoms with Gasteiger partial charge in [0.25, 0.3) is 0 Å². The normalized spacial score (nSPS) is 33.2. The molecule has 76 valence electrons. The summed E-state index contributed by atoms with van der Waals surface area (Å²) in [4.78, 5) is 2.39. The van der Waals surface area contributed by atoms with Gasteiger partial charge in [0.2, 0.25) is 0 Å². The quantitative estimate of drug-likeness (QED) is 0.664. The van der Waals surface area contributed by atoms with Gasteiger partial charge in [0.05, 0.1) is 5.60 Å². The van der Waals surface area contributed by atoms with Crippen LogP contribution < -0.4 is 5.73 Å². The van der Waals surface area contributed by atoms with Gasteiger partial charge in [0, 0.05) is 19.1 Å². The van der Waals surface area contributed by atoms with Crippen molar-refractivity contribution in [1.29, 1.82) is 0 Å². The minimum atomic E-state index is -0.342. The minimum absolute atomic E-state index is 0.342. The second-order valence-electron chi connectivity index (χ2n) is 4.58. The summed E-state index contributed by atoms with van der Waals surface area (Å²) in [5.41, 5.74) is 5.37. The molecule has 13 heavy (non-hydrogen) atoms. The Morgan fingerprint density at radius 3 is 2.77 bits per heavy atom. The van der Waals surface area contributed by atoms with Crippen LogP contribution in [0.25, 0.3) is 0 Å². The van der Waals surface area contributed by atoms with Crippen molar-refractivity contribution in [1.82, 2.24) is 4.90 Å². The lowest BCUT2D eigenvalue weighted by Gasteiger charge is -2.36. The maximum absolute atomic E-state index is 9.81. The highest BCUT2D eigenvalue weighted by molar-refractivity contribution is 4.97. The van der Waals surface area contributed by atoms with Crippen LogP contribution in [0.4, 0.5) is 0 Å². The molecule has 2 fully saturated rings. The van der Waals surface area contributed by atoms with Gasteiger partial charge in [0.1, 0.15) is 0 Å². The molecule has 0 radical (unpaired) electrons. The van der Waals surface area contributed by atoms with Crippen LogP contribution in [0.2, 0.25) is 0 Å². The fourth-order valence-electron chi connectivity index (χ4n) is 2.22. The topological polar surface area (TPSA) is 49.5 Å². The molecule has 3 nitrogen and oxygen atoms in total. The number of likely N-dealkylation sites (tertiary alicyclic amines) is 1. The molecule has 0 aromatic carbocycles. The Balaban J connectivity index is 1.87. The molecule has 1 atom stereocenters. The molecule has 1 aliphatic heterocycles. The number of hydrogen-bond acceptors (Lipinski definition) is 3. The molecule has 2 aliphatic rings. The molecule has 3 N–H and O–H groups in total. The van der Waals surface area contributed by atoms with E-state index >= 15 is 0 Å². The molecule has 1 unspecified atom stereocenters. The number of aliphatic hydroxyl groups is 1. The Bertz CT molecular complexity index is 180. The lowest BCUT2D eigenvalue weighted by Crippen LogP contribution is -2.47. The minimum Gasteiger partial charge on any atom is -0.389 e. The van der Waals surface area contributed by atoms with E-state index < -0.39 is 0 Å². The fourth-order valence-corrected chi connectivity index (χ4v) is 2.22. The third kappa shape index (κ3) is 2.22. The zero-order chi connectivity index (χ0) is 9.31. The van der Waals surface area contributed by atoms with Gasteiger partial charge in [-0.3, -0.25) is 4.90 Å². The molecule has 0 aromatic rings. The number of rotatable bonds is 3. The summed E-state index contributed by atoms with van der Waals surface area (Å²) in [7, 11) is 0. The third-order valence-corrected chi connectivity index (χ3v) is 3.35. The Kier molecular flexibility index (Phi) is 2.58. The molecular weight excluding hydrogens is 164 g/mol. The zero-order valence-corrected chi connectivity index (χ0v) is 8.21. The largest absolute Gasteiger partial charge is 0.389 e. The second-order valence-corrected chi connectivity index (χ2v) is 4.58. The number of hydrogen-bond donors (Lipinski definition) is 2. The average molecular weight is 184 g/mol. The highest BCUT2D eigenvalue weighted by Gasteiger charge is 2.42. The van der Waals surface area contributed by atoms with E-state index in [0.717, 1.165) is 32.5 Å². The van der Waals surface area contributed by atoms with Crippen molar-refractivity contribution in [3.05, 3.63) is 0 Å². The van der Waals surface area contributed by atoms with Crippen LogP contribution in [-0.2, 0) is 0 Å².